The fourth-order valence-electron chi connectivity index (χ4n) is 1.25. The standard InChI is InChI=1S/C10H10BrClO/c1-2-9(10(12)13)7-4-3-5-8(11)6-7/h3-6,9H,2H2,1H3. The molecule has 1 rings (SSSR count). The van der Waals surface area contributed by atoms with Crippen LogP contribution in [0.5, 0.6) is 0 Å². The Kier molecular flexibility index (Phi) is 3.94. The molecule has 13 heavy (non-hydrogen) atoms. The predicted molar refractivity (Wildman–Crippen MR) is 58.0 cm³/mol. The van der Waals surface area contributed by atoms with Gasteiger partial charge in [-0.1, -0.05) is 35.0 Å². The molecule has 0 radical (unpaired) electrons. The molecular formula is C10H10BrClO. The van der Waals surface area contributed by atoms with E-state index in [4.69, 9.17) is 11.6 Å². The summed E-state index contributed by atoms with van der Waals surface area (Å²) in [6, 6.07) is 7.67. The van der Waals surface area contributed by atoms with Crippen molar-refractivity contribution >= 4 is 32.8 Å². The number of hydrogen-bond acceptors (Lipinski definition) is 1. The van der Waals surface area contributed by atoms with E-state index in [1.165, 1.54) is 0 Å². The highest BCUT2D eigenvalue weighted by Gasteiger charge is 2.15. The minimum atomic E-state index is -0.291. The number of rotatable bonds is 3. The van der Waals surface area contributed by atoms with E-state index in [0.717, 1.165) is 16.5 Å². The maximum absolute atomic E-state index is 11.0. The summed E-state index contributed by atoms with van der Waals surface area (Å²) in [5.41, 5.74) is 0.969. The first-order chi connectivity index (χ1) is 6.15. The van der Waals surface area contributed by atoms with Crippen LogP contribution >= 0.6 is 27.5 Å². The van der Waals surface area contributed by atoms with Gasteiger partial charge in [-0.15, -0.1) is 0 Å². The van der Waals surface area contributed by atoms with Gasteiger partial charge in [0.2, 0.25) is 5.24 Å². The molecule has 0 spiro atoms. The fraction of sp³-hybridized carbons (Fsp3) is 0.300. The summed E-state index contributed by atoms with van der Waals surface area (Å²) in [5.74, 6) is -0.181. The van der Waals surface area contributed by atoms with Crippen LogP contribution in [0.15, 0.2) is 28.7 Å². The summed E-state index contributed by atoms with van der Waals surface area (Å²) >= 11 is 8.83. The lowest BCUT2D eigenvalue weighted by atomic mass is 9.98. The van der Waals surface area contributed by atoms with Gasteiger partial charge >= 0.3 is 0 Å². The third-order valence-corrected chi connectivity index (χ3v) is 2.69. The van der Waals surface area contributed by atoms with Gasteiger partial charge in [-0.2, -0.15) is 0 Å². The molecule has 0 aromatic heterocycles. The first kappa shape index (κ1) is 10.7. The van der Waals surface area contributed by atoms with Crippen molar-refractivity contribution in [2.75, 3.05) is 0 Å². The summed E-state index contributed by atoms with van der Waals surface area (Å²) in [6.07, 6.45) is 0.735. The highest BCUT2D eigenvalue weighted by Crippen LogP contribution is 2.24. The van der Waals surface area contributed by atoms with Crippen LogP contribution in [0.3, 0.4) is 0 Å². The molecule has 0 N–H and O–H groups in total. The summed E-state index contributed by atoms with van der Waals surface area (Å²) in [4.78, 5) is 11.0. The molecule has 0 saturated heterocycles. The van der Waals surface area contributed by atoms with Crippen LogP contribution in [0.25, 0.3) is 0 Å². The van der Waals surface area contributed by atoms with Crippen LogP contribution in [-0.4, -0.2) is 5.24 Å². The Morgan fingerprint density at radius 3 is 2.77 bits per heavy atom. The molecule has 1 atom stereocenters. The Balaban J connectivity index is 2.98. The number of carbonyl (C=O) groups is 1. The van der Waals surface area contributed by atoms with Gasteiger partial charge in [-0.3, -0.25) is 4.79 Å². The zero-order valence-electron chi connectivity index (χ0n) is 7.26. The van der Waals surface area contributed by atoms with Crippen molar-refractivity contribution in [2.24, 2.45) is 0 Å². The lowest BCUT2D eigenvalue weighted by Crippen LogP contribution is -2.04. The maximum atomic E-state index is 11.0. The van der Waals surface area contributed by atoms with Crippen LogP contribution in [0.2, 0.25) is 0 Å². The van der Waals surface area contributed by atoms with E-state index in [1.54, 1.807) is 0 Å². The molecule has 3 heteroatoms. The molecule has 1 nitrogen and oxygen atoms in total. The molecule has 1 unspecified atom stereocenters. The van der Waals surface area contributed by atoms with E-state index in [-0.39, 0.29) is 11.2 Å². The quantitative estimate of drug-likeness (QED) is 0.758. The third kappa shape index (κ3) is 2.82. The van der Waals surface area contributed by atoms with Crippen molar-refractivity contribution in [1.29, 1.82) is 0 Å². The summed E-state index contributed by atoms with van der Waals surface area (Å²) in [7, 11) is 0. The second-order valence-electron chi connectivity index (χ2n) is 2.82. The Hall–Kier alpha value is -0.340. The van der Waals surface area contributed by atoms with E-state index < -0.39 is 0 Å². The monoisotopic (exact) mass is 260 g/mol. The first-order valence-corrected chi connectivity index (χ1v) is 5.27. The van der Waals surface area contributed by atoms with Crippen molar-refractivity contribution in [1.82, 2.24) is 0 Å². The van der Waals surface area contributed by atoms with E-state index >= 15 is 0 Å². The average Bonchev–Trinajstić information content (AvgIpc) is 2.04. The van der Waals surface area contributed by atoms with Gasteiger partial charge in [0.05, 0.1) is 5.92 Å². The molecule has 0 amide bonds. The maximum Gasteiger partial charge on any atom is 0.229 e. The largest absolute Gasteiger partial charge is 0.281 e. The van der Waals surface area contributed by atoms with Crippen molar-refractivity contribution in [3.63, 3.8) is 0 Å². The zero-order chi connectivity index (χ0) is 9.84. The minimum Gasteiger partial charge on any atom is -0.281 e. The predicted octanol–water partition coefficient (Wildman–Crippen LogP) is 3.71. The Morgan fingerprint density at radius 2 is 2.31 bits per heavy atom. The molecule has 0 aliphatic rings. The van der Waals surface area contributed by atoms with Gasteiger partial charge in [-0.25, -0.2) is 0 Å². The highest BCUT2D eigenvalue weighted by atomic mass is 79.9. The number of hydrogen-bond donors (Lipinski definition) is 0. The van der Waals surface area contributed by atoms with Crippen LogP contribution in [-0.2, 0) is 4.79 Å². The fourth-order valence-corrected chi connectivity index (χ4v) is 1.95. The number of carbonyl (C=O) groups excluding carboxylic acids is 1. The van der Waals surface area contributed by atoms with Crippen LogP contribution < -0.4 is 0 Å². The molecule has 70 valence electrons. The van der Waals surface area contributed by atoms with Crippen LogP contribution in [0.1, 0.15) is 24.8 Å². The molecule has 0 aliphatic heterocycles. The Morgan fingerprint density at radius 1 is 1.62 bits per heavy atom. The molecule has 0 heterocycles. The lowest BCUT2D eigenvalue weighted by molar-refractivity contribution is -0.113. The van der Waals surface area contributed by atoms with Crippen LogP contribution in [0.4, 0.5) is 0 Å². The van der Waals surface area contributed by atoms with Crippen LogP contribution in [0, 0.1) is 0 Å². The van der Waals surface area contributed by atoms with Crippen molar-refractivity contribution < 1.29 is 4.79 Å². The van der Waals surface area contributed by atoms with Gasteiger partial charge in [0, 0.05) is 4.47 Å². The minimum absolute atomic E-state index is 0.181. The third-order valence-electron chi connectivity index (χ3n) is 1.93. The first-order valence-electron chi connectivity index (χ1n) is 4.10. The van der Waals surface area contributed by atoms with Gasteiger partial charge in [0.25, 0.3) is 0 Å². The highest BCUT2D eigenvalue weighted by molar-refractivity contribution is 9.10. The lowest BCUT2D eigenvalue weighted by Gasteiger charge is -2.09. The van der Waals surface area contributed by atoms with E-state index in [1.807, 2.05) is 31.2 Å². The molecule has 0 fully saturated rings. The molecule has 0 aliphatic carbocycles. The summed E-state index contributed by atoms with van der Waals surface area (Å²) in [5, 5.41) is -0.291. The van der Waals surface area contributed by atoms with Gasteiger partial charge < -0.3 is 0 Å². The molecular weight excluding hydrogens is 251 g/mol. The van der Waals surface area contributed by atoms with Gasteiger partial charge in [0.15, 0.2) is 0 Å². The Labute approximate surface area is 91.2 Å². The van der Waals surface area contributed by atoms with Gasteiger partial charge in [-0.05, 0) is 35.7 Å². The normalized spacial score (nSPS) is 12.5. The molecule has 0 bridgehead atoms. The summed E-state index contributed by atoms with van der Waals surface area (Å²) in [6.45, 7) is 1.95. The zero-order valence-corrected chi connectivity index (χ0v) is 9.60. The van der Waals surface area contributed by atoms with E-state index in [0.29, 0.717) is 0 Å². The second kappa shape index (κ2) is 4.77. The molecule has 1 aromatic rings. The average molecular weight is 262 g/mol. The second-order valence-corrected chi connectivity index (χ2v) is 4.11. The van der Waals surface area contributed by atoms with E-state index in [9.17, 15) is 4.79 Å². The molecule has 0 saturated carbocycles. The number of halogens is 2. The van der Waals surface area contributed by atoms with E-state index in [2.05, 4.69) is 15.9 Å². The van der Waals surface area contributed by atoms with Crippen molar-refractivity contribution in [3.8, 4) is 0 Å². The van der Waals surface area contributed by atoms with Crippen molar-refractivity contribution in [2.45, 2.75) is 19.3 Å². The van der Waals surface area contributed by atoms with Gasteiger partial charge in [0.1, 0.15) is 0 Å². The SMILES string of the molecule is CCC(C(=O)Cl)c1cccc(Br)c1. The van der Waals surface area contributed by atoms with Crippen molar-refractivity contribution in [3.05, 3.63) is 34.3 Å². The molecule has 1 aromatic carbocycles. The Bertz CT molecular complexity index is 312. The summed E-state index contributed by atoms with van der Waals surface area (Å²) < 4.78 is 0.973. The smallest absolute Gasteiger partial charge is 0.229 e. The topological polar surface area (TPSA) is 17.1 Å². The number of benzene rings is 1.